The SMILES string of the molecule is CC1(C)CN(C(=O)Cn2c(=O)c(C(=O)NCc3ccc(Cl)cc3)cc3c(OCC4CCO4)ccnc32)C1. The largest absolute Gasteiger partial charge is 0.490 e. The highest BCUT2D eigenvalue weighted by atomic mass is 35.5. The van der Waals surface area contributed by atoms with Gasteiger partial charge in [0.1, 0.15) is 30.1 Å². The Labute approximate surface area is 219 Å². The molecule has 1 unspecified atom stereocenters. The summed E-state index contributed by atoms with van der Waals surface area (Å²) in [6.07, 6.45) is 2.45. The van der Waals surface area contributed by atoms with Crippen LogP contribution in [-0.4, -0.2) is 58.7 Å². The third kappa shape index (κ3) is 5.47. The van der Waals surface area contributed by atoms with Crippen LogP contribution >= 0.6 is 11.6 Å². The van der Waals surface area contributed by atoms with Crippen LogP contribution in [0, 0.1) is 5.41 Å². The van der Waals surface area contributed by atoms with E-state index in [0.29, 0.717) is 48.1 Å². The van der Waals surface area contributed by atoms with E-state index in [2.05, 4.69) is 24.1 Å². The number of nitrogens with zero attached hydrogens (tertiary/aromatic N) is 3. The Balaban J connectivity index is 1.47. The second-order valence-electron chi connectivity index (χ2n) is 10.3. The molecule has 5 rings (SSSR count). The number of aromatic nitrogens is 2. The Morgan fingerprint density at radius 3 is 2.59 bits per heavy atom. The summed E-state index contributed by atoms with van der Waals surface area (Å²) in [6, 6.07) is 10.2. The molecule has 1 atom stereocenters. The van der Waals surface area contributed by atoms with E-state index in [4.69, 9.17) is 21.1 Å². The van der Waals surface area contributed by atoms with E-state index in [1.54, 1.807) is 35.2 Å². The summed E-state index contributed by atoms with van der Waals surface area (Å²) in [5.41, 5.74) is 0.506. The number of pyridine rings is 2. The van der Waals surface area contributed by atoms with Gasteiger partial charge >= 0.3 is 0 Å². The number of hydrogen-bond donors (Lipinski definition) is 1. The highest BCUT2D eigenvalue weighted by Crippen LogP contribution is 2.29. The summed E-state index contributed by atoms with van der Waals surface area (Å²) in [6.45, 7) is 6.45. The summed E-state index contributed by atoms with van der Waals surface area (Å²) in [5, 5.41) is 3.87. The van der Waals surface area contributed by atoms with Gasteiger partial charge in [-0.05, 0) is 35.2 Å². The van der Waals surface area contributed by atoms with Crippen LogP contribution in [0.4, 0.5) is 0 Å². The number of ether oxygens (including phenoxy) is 2. The van der Waals surface area contributed by atoms with Crippen LogP contribution in [0.3, 0.4) is 0 Å². The molecule has 2 aliphatic heterocycles. The van der Waals surface area contributed by atoms with E-state index >= 15 is 0 Å². The maximum absolute atomic E-state index is 13.5. The summed E-state index contributed by atoms with van der Waals surface area (Å²) >= 11 is 5.94. The summed E-state index contributed by atoms with van der Waals surface area (Å²) in [5.74, 6) is -0.277. The number of carbonyl (C=O) groups is 2. The van der Waals surface area contributed by atoms with Crippen molar-refractivity contribution in [1.29, 1.82) is 0 Å². The van der Waals surface area contributed by atoms with E-state index in [1.165, 1.54) is 16.8 Å². The van der Waals surface area contributed by atoms with Crippen molar-refractivity contribution in [3.63, 3.8) is 0 Å². The van der Waals surface area contributed by atoms with Crippen molar-refractivity contribution < 1.29 is 19.1 Å². The number of nitrogens with one attached hydrogen (secondary N) is 1. The molecule has 1 N–H and O–H groups in total. The Morgan fingerprint density at radius 1 is 1.22 bits per heavy atom. The number of hydrogen-bond acceptors (Lipinski definition) is 6. The number of halogens is 1. The second-order valence-corrected chi connectivity index (χ2v) is 10.7. The highest BCUT2D eigenvalue weighted by Gasteiger charge is 2.37. The molecule has 9 nitrogen and oxygen atoms in total. The molecular weight excluding hydrogens is 496 g/mol. The van der Waals surface area contributed by atoms with Gasteiger partial charge in [-0.1, -0.05) is 37.6 Å². The van der Waals surface area contributed by atoms with Gasteiger partial charge in [0.25, 0.3) is 11.5 Å². The summed E-state index contributed by atoms with van der Waals surface area (Å²) in [4.78, 5) is 45.8. The molecule has 3 aromatic rings. The molecule has 194 valence electrons. The van der Waals surface area contributed by atoms with Crippen LogP contribution in [0.1, 0.15) is 36.2 Å². The first-order chi connectivity index (χ1) is 17.7. The fraction of sp³-hybridized carbons (Fsp3) is 0.407. The number of amides is 2. The standard InChI is InChI=1S/C27H29ClN4O5/c1-27(2)15-31(16-27)23(33)13-32-24-20(22(7-9-29-24)37-14-19-8-10-36-19)11-21(26(32)35)25(34)30-12-17-3-5-18(28)6-4-17/h3-7,9,11,19H,8,10,12-16H2,1-2H3,(H,30,34). The fourth-order valence-electron chi connectivity index (χ4n) is 4.56. The predicted molar refractivity (Wildman–Crippen MR) is 139 cm³/mol. The molecule has 2 saturated heterocycles. The molecule has 1 aromatic carbocycles. The molecular formula is C27H29ClN4O5. The van der Waals surface area contributed by atoms with E-state index in [-0.39, 0.29) is 36.1 Å². The van der Waals surface area contributed by atoms with Crippen LogP contribution < -0.4 is 15.6 Å². The minimum absolute atomic E-state index is 0.00705. The lowest BCUT2D eigenvalue weighted by Gasteiger charge is -2.45. The molecule has 2 aromatic heterocycles. The topological polar surface area (TPSA) is 103 Å². The first-order valence-electron chi connectivity index (χ1n) is 12.3. The summed E-state index contributed by atoms with van der Waals surface area (Å²) < 4.78 is 12.7. The normalized spacial score (nSPS) is 18.1. The molecule has 2 aliphatic rings. The lowest BCUT2D eigenvalue weighted by Crippen LogP contribution is -2.56. The molecule has 0 bridgehead atoms. The molecule has 2 amide bonds. The van der Waals surface area contributed by atoms with Crippen molar-refractivity contribution in [3.05, 3.63) is 69.1 Å². The first-order valence-corrected chi connectivity index (χ1v) is 12.7. The maximum Gasteiger partial charge on any atom is 0.265 e. The fourth-order valence-corrected chi connectivity index (χ4v) is 4.68. The Bertz CT molecular complexity index is 1390. The van der Waals surface area contributed by atoms with Gasteiger partial charge in [0, 0.05) is 43.9 Å². The van der Waals surface area contributed by atoms with Crippen molar-refractivity contribution in [1.82, 2.24) is 19.8 Å². The van der Waals surface area contributed by atoms with E-state index < -0.39 is 11.5 Å². The monoisotopic (exact) mass is 524 g/mol. The first kappa shape index (κ1) is 25.2. The van der Waals surface area contributed by atoms with E-state index in [0.717, 1.165) is 12.0 Å². The minimum Gasteiger partial charge on any atom is -0.490 e. The number of carbonyl (C=O) groups excluding carboxylic acids is 2. The third-order valence-corrected chi connectivity index (χ3v) is 6.91. The molecule has 0 spiro atoms. The molecule has 4 heterocycles. The van der Waals surface area contributed by atoms with Gasteiger partial charge in [-0.25, -0.2) is 4.98 Å². The average Bonchev–Trinajstić information content (AvgIpc) is 2.82. The zero-order valence-corrected chi connectivity index (χ0v) is 21.6. The van der Waals surface area contributed by atoms with Gasteiger partial charge in [-0.2, -0.15) is 0 Å². The number of rotatable bonds is 8. The second kappa shape index (κ2) is 10.1. The lowest BCUT2D eigenvalue weighted by atomic mass is 9.84. The lowest BCUT2D eigenvalue weighted by molar-refractivity contribution is -0.142. The Kier molecular flexibility index (Phi) is 6.92. The zero-order chi connectivity index (χ0) is 26.2. The minimum atomic E-state index is -0.582. The Hall–Kier alpha value is -3.43. The molecule has 0 aliphatic carbocycles. The van der Waals surface area contributed by atoms with Gasteiger partial charge in [0.15, 0.2) is 0 Å². The predicted octanol–water partition coefficient (Wildman–Crippen LogP) is 3.02. The molecule has 10 heteroatoms. The van der Waals surface area contributed by atoms with Crippen molar-refractivity contribution >= 4 is 34.4 Å². The van der Waals surface area contributed by atoms with Gasteiger partial charge in [-0.3, -0.25) is 19.0 Å². The van der Waals surface area contributed by atoms with Crippen molar-refractivity contribution in [3.8, 4) is 5.75 Å². The van der Waals surface area contributed by atoms with Crippen LogP contribution in [0.15, 0.2) is 47.4 Å². The van der Waals surface area contributed by atoms with Crippen LogP contribution in [0.25, 0.3) is 11.0 Å². The summed E-state index contributed by atoms with van der Waals surface area (Å²) in [7, 11) is 0. The molecule has 0 saturated carbocycles. The molecule has 37 heavy (non-hydrogen) atoms. The van der Waals surface area contributed by atoms with Gasteiger partial charge < -0.3 is 19.7 Å². The van der Waals surface area contributed by atoms with Gasteiger partial charge in [0.2, 0.25) is 5.91 Å². The zero-order valence-electron chi connectivity index (χ0n) is 20.8. The molecule has 2 fully saturated rings. The quantitative estimate of drug-likeness (QED) is 0.486. The van der Waals surface area contributed by atoms with Crippen LogP contribution in [-0.2, 0) is 22.6 Å². The van der Waals surface area contributed by atoms with Crippen LogP contribution in [0.2, 0.25) is 5.02 Å². The van der Waals surface area contributed by atoms with Gasteiger partial charge in [0.05, 0.1) is 11.5 Å². The maximum atomic E-state index is 13.5. The Morgan fingerprint density at radius 2 is 1.95 bits per heavy atom. The number of likely N-dealkylation sites (tertiary alicyclic amines) is 1. The van der Waals surface area contributed by atoms with Crippen molar-refractivity contribution in [2.75, 3.05) is 26.3 Å². The van der Waals surface area contributed by atoms with E-state index in [1.807, 2.05) is 0 Å². The third-order valence-electron chi connectivity index (χ3n) is 6.66. The van der Waals surface area contributed by atoms with Crippen molar-refractivity contribution in [2.45, 2.75) is 39.5 Å². The smallest absolute Gasteiger partial charge is 0.265 e. The molecule has 0 radical (unpaired) electrons. The van der Waals surface area contributed by atoms with Gasteiger partial charge in [-0.15, -0.1) is 0 Å². The van der Waals surface area contributed by atoms with Crippen molar-refractivity contribution in [2.24, 2.45) is 5.41 Å². The average molecular weight is 525 g/mol. The van der Waals surface area contributed by atoms with E-state index in [9.17, 15) is 14.4 Å². The number of fused-ring (bicyclic) bond motifs is 1. The number of benzene rings is 1. The van der Waals surface area contributed by atoms with Crippen LogP contribution in [0.5, 0.6) is 5.75 Å². The highest BCUT2D eigenvalue weighted by molar-refractivity contribution is 6.30.